The molecule has 2 N–H and O–H groups in total. The Balaban J connectivity index is 2.10. The lowest BCUT2D eigenvalue weighted by molar-refractivity contribution is -0.118. The summed E-state index contributed by atoms with van der Waals surface area (Å²) in [6.45, 7) is 7.73. The van der Waals surface area contributed by atoms with E-state index in [-0.39, 0.29) is 23.7 Å². The van der Waals surface area contributed by atoms with Crippen molar-refractivity contribution in [3.8, 4) is 0 Å². The molecule has 2 aromatic rings. The molecular weight excluding hydrogens is 360 g/mol. The van der Waals surface area contributed by atoms with Crippen molar-refractivity contribution in [3.63, 3.8) is 0 Å². The van der Waals surface area contributed by atoms with Gasteiger partial charge in [0.2, 0.25) is 11.0 Å². The molecule has 1 aromatic carbocycles. The average molecular weight is 381 g/mol. The zero-order valence-corrected chi connectivity index (χ0v) is 16.1. The van der Waals surface area contributed by atoms with Crippen LogP contribution >= 0.6 is 22.9 Å². The molecule has 0 radical (unpaired) electrons. The second-order valence-corrected chi connectivity index (χ2v) is 7.68. The summed E-state index contributed by atoms with van der Waals surface area (Å²) in [6.07, 6.45) is 0. The summed E-state index contributed by atoms with van der Waals surface area (Å²) in [4.78, 5) is 25.0. The van der Waals surface area contributed by atoms with Gasteiger partial charge >= 0.3 is 0 Å². The number of aromatic nitrogens is 2. The maximum atomic E-state index is 12.6. The molecule has 1 atom stereocenters. The number of carbonyl (C=O) groups excluding carboxylic acids is 2. The molecule has 25 heavy (non-hydrogen) atoms. The Morgan fingerprint density at radius 1 is 1.12 bits per heavy atom. The van der Waals surface area contributed by atoms with Crippen molar-refractivity contribution in [2.75, 3.05) is 5.32 Å². The van der Waals surface area contributed by atoms with Gasteiger partial charge in [-0.2, -0.15) is 0 Å². The summed E-state index contributed by atoms with van der Waals surface area (Å²) in [6, 6.07) is 6.01. The van der Waals surface area contributed by atoms with Gasteiger partial charge in [-0.3, -0.25) is 14.9 Å². The normalized spacial score (nSPS) is 12.3. The summed E-state index contributed by atoms with van der Waals surface area (Å²) < 4.78 is 0. The summed E-state index contributed by atoms with van der Waals surface area (Å²) in [5.41, 5.74) is 0.334. The molecule has 0 aliphatic heterocycles. The monoisotopic (exact) mass is 380 g/mol. The van der Waals surface area contributed by atoms with E-state index in [4.69, 9.17) is 11.6 Å². The smallest absolute Gasteiger partial charge is 0.253 e. The molecule has 6 nitrogen and oxygen atoms in total. The highest BCUT2D eigenvalue weighted by Gasteiger charge is 2.26. The first-order valence-corrected chi connectivity index (χ1v) is 9.18. The number of benzene rings is 1. The molecular formula is C17H21ClN4O2S. The number of amides is 2. The van der Waals surface area contributed by atoms with Crippen molar-refractivity contribution >= 4 is 39.9 Å². The lowest BCUT2D eigenvalue weighted by Gasteiger charge is -2.21. The molecule has 0 bridgehead atoms. The summed E-state index contributed by atoms with van der Waals surface area (Å²) in [5, 5.41) is 15.1. The third kappa shape index (κ3) is 4.99. The zero-order valence-electron chi connectivity index (χ0n) is 14.5. The van der Waals surface area contributed by atoms with Gasteiger partial charge in [0.1, 0.15) is 11.0 Å². The molecule has 1 aromatic heterocycles. The van der Waals surface area contributed by atoms with E-state index in [1.54, 1.807) is 24.3 Å². The van der Waals surface area contributed by atoms with Crippen LogP contribution in [0.4, 0.5) is 5.13 Å². The minimum Gasteiger partial charge on any atom is -0.340 e. The summed E-state index contributed by atoms with van der Waals surface area (Å²) in [7, 11) is 0. The predicted molar refractivity (Wildman–Crippen MR) is 100 cm³/mol. The van der Waals surface area contributed by atoms with E-state index in [1.807, 2.05) is 27.7 Å². The van der Waals surface area contributed by atoms with Gasteiger partial charge < -0.3 is 5.32 Å². The van der Waals surface area contributed by atoms with Crippen LogP contribution in [0.1, 0.15) is 49.0 Å². The number of rotatable bonds is 6. The van der Waals surface area contributed by atoms with E-state index in [9.17, 15) is 9.59 Å². The van der Waals surface area contributed by atoms with Gasteiger partial charge in [-0.05, 0) is 18.1 Å². The number of hydrogen-bond acceptors (Lipinski definition) is 5. The fourth-order valence-electron chi connectivity index (χ4n) is 2.10. The SMILES string of the molecule is CC(C)c1nnc(NC(=O)C(NC(=O)c2ccccc2Cl)C(C)C)s1. The van der Waals surface area contributed by atoms with Gasteiger partial charge in [-0.25, -0.2) is 0 Å². The van der Waals surface area contributed by atoms with Crippen LogP contribution in [0.3, 0.4) is 0 Å². The number of nitrogens with one attached hydrogen (secondary N) is 2. The third-order valence-corrected chi connectivity index (χ3v) is 4.99. The van der Waals surface area contributed by atoms with Crippen molar-refractivity contribution in [2.45, 2.75) is 39.7 Å². The molecule has 8 heteroatoms. The van der Waals surface area contributed by atoms with E-state index >= 15 is 0 Å². The third-order valence-electron chi connectivity index (χ3n) is 3.52. The van der Waals surface area contributed by atoms with Gasteiger partial charge in [0, 0.05) is 5.92 Å². The van der Waals surface area contributed by atoms with Crippen LogP contribution in [0.25, 0.3) is 0 Å². The van der Waals surface area contributed by atoms with Crippen LogP contribution in [0.5, 0.6) is 0 Å². The second-order valence-electron chi connectivity index (χ2n) is 6.26. The molecule has 0 fully saturated rings. The fraction of sp³-hybridized carbons (Fsp3) is 0.412. The van der Waals surface area contributed by atoms with Crippen molar-refractivity contribution in [3.05, 3.63) is 39.9 Å². The number of hydrogen-bond donors (Lipinski definition) is 2. The Morgan fingerprint density at radius 3 is 2.36 bits per heavy atom. The predicted octanol–water partition coefficient (Wildman–Crippen LogP) is 3.71. The van der Waals surface area contributed by atoms with Gasteiger partial charge in [-0.1, -0.05) is 62.8 Å². The Labute approximate surface area is 156 Å². The molecule has 0 saturated heterocycles. The highest BCUT2D eigenvalue weighted by atomic mass is 35.5. The molecule has 1 unspecified atom stereocenters. The van der Waals surface area contributed by atoms with Crippen molar-refractivity contribution in [1.29, 1.82) is 0 Å². The Hall–Kier alpha value is -1.99. The maximum Gasteiger partial charge on any atom is 0.253 e. The first-order valence-electron chi connectivity index (χ1n) is 7.99. The standard InChI is InChI=1S/C17H21ClN4O2S/c1-9(2)13(19-14(23)11-7-5-6-8-12(11)18)15(24)20-17-22-21-16(25-17)10(3)4/h5-10,13H,1-4H3,(H,19,23)(H,20,22,24). The first-order chi connectivity index (χ1) is 11.8. The number of halogens is 1. The number of nitrogens with zero attached hydrogens (tertiary/aromatic N) is 2. The van der Waals surface area contributed by atoms with E-state index in [1.165, 1.54) is 11.3 Å². The van der Waals surface area contributed by atoms with Gasteiger partial charge in [0.15, 0.2) is 0 Å². The van der Waals surface area contributed by atoms with Crippen LogP contribution in [0.2, 0.25) is 5.02 Å². The van der Waals surface area contributed by atoms with Crippen LogP contribution in [-0.4, -0.2) is 28.1 Å². The van der Waals surface area contributed by atoms with Crippen molar-refractivity contribution in [1.82, 2.24) is 15.5 Å². The van der Waals surface area contributed by atoms with Gasteiger partial charge in [-0.15, -0.1) is 10.2 Å². The Bertz CT molecular complexity index is 761. The molecule has 2 rings (SSSR count). The molecule has 1 heterocycles. The van der Waals surface area contributed by atoms with E-state index < -0.39 is 6.04 Å². The molecule has 2 amide bonds. The topological polar surface area (TPSA) is 84.0 Å². The van der Waals surface area contributed by atoms with E-state index in [0.29, 0.717) is 15.7 Å². The molecule has 0 spiro atoms. The highest BCUT2D eigenvalue weighted by Crippen LogP contribution is 2.23. The molecule has 0 aliphatic carbocycles. The summed E-state index contributed by atoms with van der Waals surface area (Å²) in [5.74, 6) is -0.589. The van der Waals surface area contributed by atoms with Gasteiger partial charge in [0.05, 0.1) is 10.6 Å². The Morgan fingerprint density at radius 2 is 1.80 bits per heavy atom. The lowest BCUT2D eigenvalue weighted by Crippen LogP contribution is -2.47. The minimum absolute atomic E-state index is 0.107. The average Bonchev–Trinajstić information content (AvgIpc) is 3.01. The van der Waals surface area contributed by atoms with E-state index in [0.717, 1.165) is 5.01 Å². The van der Waals surface area contributed by atoms with Crippen molar-refractivity contribution < 1.29 is 9.59 Å². The zero-order chi connectivity index (χ0) is 18.6. The lowest BCUT2D eigenvalue weighted by atomic mass is 10.0. The maximum absolute atomic E-state index is 12.6. The minimum atomic E-state index is -0.713. The van der Waals surface area contributed by atoms with Gasteiger partial charge in [0.25, 0.3) is 5.91 Å². The summed E-state index contributed by atoms with van der Waals surface area (Å²) >= 11 is 7.37. The van der Waals surface area contributed by atoms with Crippen molar-refractivity contribution in [2.24, 2.45) is 5.92 Å². The molecule has 0 saturated carbocycles. The highest BCUT2D eigenvalue weighted by molar-refractivity contribution is 7.15. The first kappa shape index (κ1) is 19.3. The largest absolute Gasteiger partial charge is 0.340 e. The van der Waals surface area contributed by atoms with Crippen LogP contribution < -0.4 is 10.6 Å². The Kier molecular flexibility index (Phi) is 6.50. The molecule has 134 valence electrons. The van der Waals surface area contributed by atoms with E-state index in [2.05, 4.69) is 20.8 Å². The van der Waals surface area contributed by atoms with Crippen LogP contribution in [-0.2, 0) is 4.79 Å². The second kappa shape index (κ2) is 8.40. The fourth-order valence-corrected chi connectivity index (χ4v) is 3.07. The van der Waals surface area contributed by atoms with Crippen LogP contribution in [0.15, 0.2) is 24.3 Å². The number of anilines is 1. The quantitative estimate of drug-likeness (QED) is 0.800. The number of carbonyl (C=O) groups is 2. The van der Waals surface area contributed by atoms with Crippen LogP contribution in [0, 0.1) is 5.92 Å². The molecule has 0 aliphatic rings.